The number of nitrogens with one attached hydrogen (secondary N) is 1. The van der Waals surface area contributed by atoms with Crippen LogP contribution < -0.4 is 5.32 Å². The summed E-state index contributed by atoms with van der Waals surface area (Å²) in [6, 6.07) is 14.0. The van der Waals surface area contributed by atoms with Crippen LogP contribution in [-0.2, 0) is 6.54 Å². The van der Waals surface area contributed by atoms with Gasteiger partial charge in [-0.3, -0.25) is 10.1 Å². The number of benzene rings is 1. The average molecular weight is 446 g/mol. The second-order valence-corrected chi connectivity index (χ2v) is 9.13. The van der Waals surface area contributed by atoms with E-state index in [0.717, 1.165) is 27.9 Å². The van der Waals surface area contributed by atoms with Crippen LogP contribution in [0.3, 0.4) is 0 Å². The van der Waals surface area contributed by atoms with Crippen LogP contribution in [0.5, 0.6) is 0 Å². The van der Waals surface area contributed by atoms with Crippen molar-refractivity contribution < 1.29 is 4.79 Å². The number of aromatic nitrogens is 4. The van der Waals surface area contributed by atoms with Crippen molar-refractivity contribution in [2.24, 2.45) is 0 Å². The van der Waals surface area contributed by atoms with E-state index in [1.807, 2.05) is 46.6 Å². The predicted octanol–water partition coefficient (Wildman–Crippen LogP) is 5.53. The maximum Gasteiger partial charge on any atom is 0.258 e. The summed E-state index contributed by atoms with van der Waals surface area (Å²) in [6.45, 7) is 4.57. The summed E-state index contributed by atoms with van der Waals surface area (Å²) < 4.78 is 1.84. The zero-order valence-electron chi connectivity index (χ0n) is 17.0. The molecule has 0 fully saturated rings. The molecule has 0 spiro atoms. The van der Waals surface area contributed by atoms with Crippen molar-refractivity contribution in [1.29, 1.82) is 0 Å². The van der Waals surface area contributed by atoms with E-state index in [0.29, 0.717) is 22.9 Å². The van der Waals surface area contributed by atoms with Gasteiger partial charge in [-0.25, -0.2) is 14.6 Å². The average Bonchev–Trinajstić information content (AvgIpc) is 3.51. The number of amides is 1. The minimum Gasteiger partial charge on any atom is -0.298 e. The lowest BCUT2D eigenvalue weighted by Gasteiger charge is -2.06. The fraction of sp³-hybridized carbons (Fsp3) is 0.130. The molecular formula is C23H19N5OS2. The first-order chi connectivity index (χ1) is 15.1. The van der Waals surface area contributed by atoms with Gasteiger partial charge in [-0.15, -0.1) is 22.7 Å². The minimum atomic E-state index is -0.211. The highest BCUT2D eigenvalue weighted by atomic mass is 32.1. The molecule has 1 amide bonds. The molecule has 6 nitrogen and oxygen atoms in total. The largest absolute Gasteiger partial charge is 0.298 e. The molecule has 4 heterocycles. The van der Waals surface area contributed by atoms with Crippen molar-refractivity contribution in [3.05, 3.63) is 81.1 Å². The quantitative estimate of drug-likeness (QED) is 0.386. The molecule has 0 saturated heterocycles. The Labute approximate surface area is 187 Å². The third-order valence-electron chi connectivity index (χ3n) is 5.01. The van der Waals surface area contributed by atoms with Gasteiger partial charge in [0.15, 0.2) is 10.8 Å². The molecule has 0 aliphatic rings. The monoisotopic (exact) mass is 445 g/mol. The van der Waals surface area contributed by atoms with Gasteiger partial charge >= 0.3 is 0 Å². The molecular weight excluding hydrogens is 426 g/mol. The number of hydrogen-bond donors (Lipinski definition) is 1. The molecule has 5 aromatic rings. The van der Waals surface area contributed by atoms with E-state index in [-0.39, 0.29) is 5.91 Å². The topological polar surface area (TPSA) is 72.7 Å². The standard InChI is InChI=1S/C23H19N5OS2/c1-14-6-3-4-8-17(14)20-13-31-23(26-20)27-22(29)18-10-15(2)25-21-19(18)11-24-28(21)12-16-7-5-9-30-16/h3-11,13H,12H2,1-2H3,(H,26,27,29). The number of aryl methyl sites for hydroxylation is 2. The molecule has 0 bridgehead atoms. The predicted molar refractivity (Wildman–Crippen MR) is 126 cm³/mol. The van der Waals surface area contributed by atoms with E-state index in [1.54, 1.807) is 23.6 Å². The molecule has 31 heavy (non-hydrogen) atoms. The van der Waals surface area contributed by atoms with Crippen molar-refractivity contribution in [2.75, 3.05) is 5.32 Å². The number of fused-ring (bicyclic) bond motifs is 1. The molecule has 0 unspecified atom stereocenters. The number of rotatable bonds is 5. The number of hydrogen-bond acceptors (Lipinski definition) is 6. The number of thiazole rings is 1. The number of carbonyl (C=O) groups excluding carboxylic acids is 1. The van der Waals surface area contributed by atoms with Crippen molar-refractivity contribution in [3.8, 4) is 11.3 Å². The van der Waals surface area contributed by atoms with Gasteiger partial charge in [-0.05, 0) is 36.9 Å². The van der Waals surface area contributed by atoms with Gasteiger partial charge in [-0.2, -0.15) is 5.10 Å². The maximum atomic E-state index is 13.1. The van der Waals surface area contributed by atoms with E-state index < -0.39 is 0 Å². The summed E-state index contributed by atoms with van der Waals surface area (Å²) in [5.41, 5.74) is 5.10. The smallest absolute Gasteiger partial charge is 0.258 e. The van der Waals surface area contributed by atoms with Crippen LogP contribution in [0.25, 0.3) is 22.3 Å². The van der Waals surface area contributed by atoms with Gasteiger partial charge in [0.1, 0.15) is 0 Å². The van der Waals surface area contributed by atoms with Gasteiger partial charge in [0.2, 0.25) is 0 Å². The number of carbonyl (C=O) groups is 1. The first-order valence-electron chi connectivity index (χ1n) is 9.77. The van der Waals surface area contributed by atoms with Crippen molar-refractivity contribution in [2.45, 2.75) is 20.4 Å². The normalized spacial score (nSPS) is 11.2. The van der Waals surface area contributed by atoms with Gasteiger partial charge in [-0.1, -0.05) is 30.3 Å². The first-order valence-corrected chi connectivity index (χ1v) is 11.5. The Hall–Kier alpha value is -3.36. The van der Waals surface area contributed by atoms with Gasteiger partial charge in [0.05, 0.1) is 29.4 Å². The van der Waals surface area contributed by atoms with Crippen LogP contribution in [0, 0.1) is 13.8 Å². The lowest BCUT2D eigenvalue weighted by Crippen LogP contribution is -2.13. The fourth-order valence-corrected chi connectivity index (χ4v) is 4.90. The minimum absolute atomic E-state index is 0.211. The first kappa shape index (κ1) is 19.6. The second kappa shape index (κ2) is 8.05. The Morgan fingerprint density at radius 2 is 1.97 bits per heavy atom. The van der Waals surface area contributed by atoms with Crippen LogP contribution >= 0.6 is 22.7 Å². The number of nitrogens with zero attached hydrogens (tertiary/aromatic N) is 4. The molecule has 1 aromatic carbocycles. The molecule has 0 saturated carbocycles. The molecule has 1 N–H and O–H groups in total. The van der Waals surface area contributed by atoms with Crippen LogP contribution in [-0.4, -0.2) is 25.7 Å². The van der Waals surface area contributed by atoms with Crippen molar-refractivity contribution in [3.63, 3.8) is 0 Å². The summed E-state index contributed by atoms with van der Waals surface area (Å²) in [4.78, 5) is 23.5. The molecule has 0 aliphatic carbocycles. The Morgan fingerprint density at radius 1 is 1.10 bits per heavy atom. The third kappa shape index (κ3) is 3.87. The van der Waals surface area contributed by atoms with Crippen LogP contribution in [0.15, 0.2) is 59.4 Å². The van der Waals surface area contributed by atoms with Gasteiger partial charge in [0.25, 0.3) is 5.91 Å². The van der Waals surface area contributed by atoms with Crippen LogP contribution in [0.1, 0.15) is 26.5 Å². The fourth-order valence-electron chi connectivity index (χ4n) is 3.51. The maximum absolute atomic E-state index is 13.1. The number of pyridine rings is 1. The molecule has 0 radical (unpaired) electrons. The molecule has 0 atom stereocenters. The molecule has 4 aromatic heterocycles. The van der Waals surface area contributed by atoms with Crippen molar-refractivity contribution in [1.82, 2.24) is 19.7 Å². The van der Waals surface area contributed by atoms with E-state index in [2.05, 4.69) is 39.4 Å². The summed E-state index contributed by atoms with van der Waals surface area (Å²) in [5.74, 6) is -0.211. The summed E-state index contributed by atoms with van der Waals surface area (Å²) >= 11 is 3.09. The highest BCUT2D eigenvalue weighted by Crippen LogP contribution is 2.28. The van der Waals surface area contributed by atoms with Crippen LogP contribution in [0.4, 0.5) is 5.13 Å². The van der Waals surface area contributed by atoms with Gasteiger partial charge in [0, 0.05) is 21.5 Å². The van der Waals surface area contributed by atoms with E-state index >= 15 is 0 Å². The zero-order valence-corrected chi connectivity index (χ0v) is 18.6. The number of thiophene rings is 1. The SMILES string of the molecule is Cc1cc(C(=O)Nc2nc(-c3ccccc3C)cs2)c2cnn(Cc3cccs3)c2n1. The highest BCUT2D eigenvalue weighted by molar-refractivity contribution is 7.14. The zero-order chi connectivity index (χ0) is 21.4. The van der Waals surface area contributed by atoms with E-state index in [9.17, 15) is 4.79 Å². The van der Waals surface area contributed by atoms with E-state index in [4.69, 9.17) is 0 Å². The summed E-state index contributed by atoms with van der Waals surface area (Å²) in [6.07, 6.45) is 1.71. The Morgan fingerprint density at radius 3 is 2.77 bits per heavy atom. The summed E-state index contributed by atoms with van der Waals surface area (Å²) in [7, 11) is 0. The van der Waals surface area contributed by atoms with Crippen molar-refractivity contribution >= 4 is 44.7 Å². The molecule has 0 aliphatic heterocycles. The lowest BCUT2D eigenvalue weighted by atomic mass is 10.1. The lowest BCUT2D eigenvalue weighted by molar-refractivity contribution is 0.102. The summed E-state index contributed by atoms with van der Waals surface area (Å²) in [5, 5.41) is 12.7. The Kier molecular flexibility index (Phi) is 5.09. The molecule has 8 heteroatoms. The number of anilines is 1. The second-order valence-electron chi connectivity index (χ2n) is 7.24. The highest BCUT2D eigenvalue weighted by Gasteiger charge is 2.18. The third-order valence-corrected chi connectivity index (χ3v) is 6.63. The van der Waals surface area contributed by atoms with Crippen LogP contribution in [0.2, 0.25) is 0 Å². The van der Waals surface area contributed by atoms with E-state index in [1.165, 1.54) is 16.2 Å². The Bertz CT molecular complexity index is 1380. The van der Waals surface area contributed by atoms with Gasteiger partial charge < -0.3 is 0 Å². The molecule has 5 rings (SSSR count). The Balaban J connectivity index is 1.44. The molecule has 154 valence electrons.